The molecular weight excluding hydrogens is 375 g/mol. The molecule has 8 heteroatoms. The van der Waals surface area contributed by atoms with Gasteiger partial charge in [0.05, 0.1) is 17.5 Å². The first-order valence-electron chi connectivity index (χ1n) is 8.81. The second kappa shape index (κ2) is 6.83. The molecule has 0 atom stereocenters. The Kier molecular flexibility index (Phi) is 4.02. The molecule has 0 saturated carbocycles. The number of aromatic nitrogens is 4. The highest BCUT2D eigenvalue weighted by Gasteiger charge is 2.17. The molecule has 0 radical (unpaired) electrons. The summed E-state index contributed by atoms with van der Waals surface area (Å²) in [7, 11) is 0. The predicted molar refractivity (Wildman–Crippen MR) is 103 cm³/mol. The van der Waals surface area contributed by atoms with Crippen molar-refractivity contribution in [2.75, 3.05) is 0 Å². The van der Waals surface area contributed by atoms with Crippen LogP contribution in [0.15, 0.2) is 74.7 Å². The molecule has 0 aliphatic carbocycles. The van der Waals surface area contributed by atoms with Gasteiger partial charge in [-0.05, 0) is 29.8 Å². The molecule has 0 aliphatic heterocycles. The van der Waals surface area contributed by atoms with Crippen molar-refractivity contribution in [1.82, 2.24) is 20.1 Å². The van der Waals surface area contributed by atoms with E-state index in [0.29, 0.717) is 34.5 Å². The number of nitrogens with one attached hydrogen (secondary N) is 1. The summed E-state index contributed by atoms with van der Waals surface area (Å²) in [5.41, 5.74) is 3.22. The highest BCUT2D eigenvalue weighted by atomic mass is 19.1. The van der Waals surface area contributed by atoms with Crippen LogP contribution in [0.5, 0.6) is 0 Å². The van der Waals surface area contributed by atoms with Crippen molar-refractivity contribution in [3.63, 3.8) is 0 Å². The van der Waals surface area contributed by atoms with Crippen LogP contribution >= 0.6 is 0 Å². The molecule has 0 bridgehead atoms. The molecule has 5 aromatic rings. The monoisotopic (exact) mass is 388 g/mol. The summed E-state index contributed by atoms with van der Waals surface area (Å²) in [6.07, 6.45) is 3.56. The van der Waals surface area contributed by atoms with E-state index in [-0.39, 0.29) is 11.4 Å². The van der Waals surface area contributed by atoms with Crippen molar-refractivity contribution in [3.8, 4) is 22.5 Å². The van der Waals surface area contributed by atoms with E-state index >= 15 is 4.39 Å². The van der Waals surface area contributed by atoms with Crippen LogP contribution in [0.2, 0.25) is 0 Å². The first kappa shape index (κ1) is 17.1. The number of oxazole rings is 1. The van der Waals surface area contributed by atoms with Crippen molar-refractivity contribution in [2.45, 2.75) is 6.42 Å². The number of fused-ring (bicyclic) bond motifs is 1. The van der Waals surface area contributed by atoms with Crippen molar-refractivity contribution >= 4 is 11.1 Å². The molecule has 29 heavy (non-hydrogen) atoms. The van der Waals surface area contributed by atoms with Gasteiger partial charge in [-0.3, -0.25) is 9.97 Å². The van der Waals surface area contributed by atoms with Crippen LogP contribution in [-0.4, -0.2) is 20.1 Å². The van der Waals surface area contributed by atoms with Crippen LogP contribution in [0.4, 0.5) is 4.39 Å². The summed E-state index contributed by atoms with van der Waals surface area (Å²) in [5.74, 6) is -0.455. The molecule has 0 unspecified atom stereocenters. The maximum Gasteiger partial charge on any atom is 0.417 e. The van der Waals surface area contributed by atoms with E-state index in [1.54, 1.807) is 60.9 Å². The van der Waals surface area contributed by atoms with Gasteiger partial charge in [-0.1, -0.05) is 29.4 Å². The normalized spacial score (nSPS) is 11.2. The third-order valence-corrected chi connectivity index (χ3v) is 4.52. The Morgan fingerprint density at radius 3 is 2.83 bits per heavy atom. The van der Waals surface area contributed by atoms with Gasteiger partial charge in [0, 0.05) is 23.5 Å². The van der Waals surface area contributed by atoms with E-state index in [4.69, 9.17) is 8.94 Å². The maximum atomic E-state index is 15.1. The Morgan fingerprint density at radius 1 is 1.07 bits per heavy atom. The molecule has 1 N–H and O–H groups in total. The second-order valence-corrected chi connectivity index (χ2v) is 6.44. The number of benzene rings is 2. The number of H-pyrrole nitrogens is 1. The second-order valence-electron chi connectivity index (χ2n) is 6.44. The minimum atomic E-state index is -0.513. The Labute approximate surface area is 162 Å². The van der Waals surface area contributed by atoms with E-state index < -0.39 is 11.6 Å². The van der Waals surface area contributed by atoms with E-state index in [1.165, 1.54) is 0 Å². The maximum absolute atomic E-state index is 15.1. The molecule has 0 aliphatic rings. The molecule has 0 spiro atoms. The molecule has 3 heterocycles. The zero-order valence-corrected chi connectivity index (χ0v) is 14.9. The van der Waals surface area contributed by atoms with Gasteiger partial charge in [0.1, 0.15) is 5.82 Å². The highest BCUT2D eigenvalue weighted by molar-refractivity contribution is 5.73. The van der Waals surface area contributed by atoms with Crippen LogP contribution in [0.1, 0.15) is 11.5 Å². The van der Waals surface area contributed by atoms with Gasteiger partial charge >= 0.3 is 5.76 Å². The first-order valence-corrected chi connectivity index (χ1v) is 8.81. The molecule has 0 saturated heterocycles. The number of rotatable bonds is 4. The lowest BCUT2D eigenvalue weighted by Crippen LogP contribution is -1.93. The summed E-state index contributed by atoms with van der Waals surface area (Å²) < 4.78 is 25.4. The number of pyridine rings is 1. The van der Waals surface area contributed by atoms with Gasteiger partial charge in [0.2, 0.25) is 11.7 Å². The quantitative estimate of drug-likeness (QED) is 0.500. The van der Waals surface area contributed by atoms with Crippen molar-refractivity contribution in [1.29, 1.82) is 0 Å². The van der Waals surface area contributed by atoms with E-state index in [0.717, 1.165) is 5.56 Å². The largest absolute Gasteiger partial charge is 0.417 e. The molecule has 0 fully saturated rings. The lowest BCUT2D eigenvalue weighted by molar-refractivity contribution is 0.385. The van der Waals surface area contributed by atoms with Crippen molar-refractivity contribution in [3.05, 3.63) is 88.7 Å². The predicted octanol–water partition coefficient (Wildman–Crippen LogP) is 3.96. The van der Waals surface area contributed by atoms with E-state index in [9.17, 15) is 4.79 Å². The molecule has 2 aromatic carbocycles. The fourth-order valence-electron chi connectivity index (χ4n) is 3.17. The molecule has 0 amide bonds. The van der Waals surface area contributed by atoms with Gasteiger partial charge in [-0.25, -0.2) is 9.18 Å². The summed E-state index contributed by atoms with van der Waals surface area (Å²) >= 11 is 0. The first-order chi connectivity index (χ1) is 14.2. The van der Waals surface area contributed by atoms with Crippen molar-refractivity contribution in [2.24, 2.45) is 0 Å². The zero-order chi connectivity index (χ0) is 19.8. The third kappa shape index (κ3) is 3.20. The van der Waals surface area contributed by atoms with Crippen LogP contribution in [0, 0.1) is 5.82 Å². The number of aromatic amines is 1. The summed E-state index contributed by atoms with van der Waals surface area (Å²) in [6, 6.07) is 13.8. The smallest absolute Gasteiger partial charge is 0.408 e. The van der Waals surface area contributed by atoms with Crippen molar-refractivity contribution < 1.29 is 13.3 Å². The average Bonchev–Trinajstić information content (AvgIpc) is 3.34. The molecule has 142 valence electrons. The molecule has 5 rings (SSSR count). The van der Waals surface area contributed by atoms with Gasteiger partial charge in [-0.2, -0.15) is 4.98 Å². The number of hydrogen-bond donors (Lipinski definition) is 1. The number of nitrogens with zero attached hydrogens (tertiary/aromatic N) is 3. The highest BCUT2D eigenvalue weighted by Crippen LogP contribution is 2.29. The fourth-order valence-corrected chi connectivity index (χ4v) is 3.17. The Balaban J connectivity index is 1.46. The van der Waals surface area contributed by atoms with Gasteiger partial charge in [-0.15, -0.1) is 0 Å². The fraction of sp³-hybridized carbons (Fsp3) is 0.0476. The Bertz CT molecular complexity index is 1370. The summed E-state index contributed by atoms with van der Waals surface area (Å²) in [4.78, 5) is 22.2. The summed E-state index contributed by atoms with van der Waals surface area (Å²) in [6.45, 7) is 0. The minimum absolute atomic E-state index is 0.168. The topological polar surface area (TPSA) is 97.8 Å². The molecule has 7 nitrogen and oxygen atoms in total. The molecular formula is C21H13FN4O3. The SMILES string of the molecule is O=c1[nH]c2cc(Cc3nc(-c4cccc(-c5cccnc5)c4F)no3)ccc2o1. The van der Waals surface area contributed by atoms with E-state index in [1.807, 2.05) is 0 Å². The lowest BCUT2D eigenvalue weighted by atomic mass is 10.0. The zero-order valence-electron chi connectivity index (χ0n) is 14.9. The third-order valence-electron chi connectivity index (χ3n) is 4.52. The van der Waals surface area contributed by atoms with Gasteiger partial charge in [0.25, 0.3) is 0 Å². The van der Waals surface area contributed by atoms with Crippen LogP contribution in [0.3, 0.4) is 0 Å². The average molecular weight is 388 g/mol. The van der Waals surface area contributed by atoms with Crippen LogP contribution in [-0.2, 0) is 6.42 Å². The van der Waals surface area contributed by atoms with Gasteiger partial charge in [0.15, 0.2) is 5.58 Å². The Morgan fingerprint density at radius 2 is 1.97 bits per heavy atom. The Hall–Kier alpha value is -4.07. The van der Waals surface area contributed by atoms with Gasteiger partial charge < -0.3 is 8.94 Å². The van der Waals surface area contributed by atoms with Crippen LogP contribution < -0.4 is 5.76 Å². The van der Waals surface area contributed by atoms with Crippen LogP contribution in [0.25, 0.3) is 33.6 Å². The summed E-state index contributed by atoms with van der Waals surface area (Å²) in [5, 5.41) is 3.93. The minimum Gasteiger partial charge on any atom is -0.408 e. The number of halogens is 1. The lowest BCUT2D eigenvalue weighted by Gasteiger charge is -2.05. The molecule has 3 aromatic heterocycles. The standard InChI is InChI=1S/C21H13FN4O3/c22-19-14(13-3-2-8-23-11-13)4-1-5-15(19)20-25-18(29-26-20)10-12-6-7-17-16(9-12)24-21(27)28-17/h1-9,11H,10H2,(H,24,27). The number of hydrogen-bond acceptors (Lipinski definition) is 6. The van der Waals surface area contributed by atoms with E-state index in [2.05, 4.69) is 20.1 Å².